The van der Waals surface area contributed by atoms with Crippen molar-refractivity contribution in [3.05, 3.63) is 47.8 Å². The molecule has 0 saturated heterocycles. The largest absolute Gasteiger partial charge is 0.370 e. The van der Waals surface area contributed by atoms with Crippen LogP contribution in [0.1, 0.15) is 18.3 Å². The van der Waals surface area contributed by atoms with Crippen LogP contribution in [0.3, 0.4) is 0 Å². The van der Waals surface area contributed by atoms with Crippen LogP contribution in [0.15, 0.2) is 41.4 Å². The monoisotopic (exact) mass is 412 g/mol. The number of halogens is 1. The summed E-state index contributed by atoms with van der Waals surface area (Å²) in [4.78, 5) is 8.62. The predicted octanol–water partition coefficient (Wildman–Crippen LogP) is 2.38. The highest BCUT2D eigenvalue weighted by Crippen LogP contribution is 2.16. The van der Waals surface area contributed by atoms with Gasteiger partial charge >= 0.3 is 0 Å². The highest BCUT2D eigenvalue weighted by atomic mass is 127. The van der Waals surface area contributed by atoms with Gasteiger partial charge in [0.15, 0.2) is 11.8 Å². The molecule has 2 rings (SSSR count). The highest BCUT2D eigenvalue weighted by Gasteiger charge is 2.04. The summed E-state index contributed by atoms with van der Waals surface area (Å²) in [6, 6.07) is 7.94. The number of aromatic amines is 1. The van der Waals surface area contributed by atoms with Crippen LogP contribution in [-0.4, -0.2) is 27.7 Å². The van der Waals surface area contributed by atoms with Gasteiger partial charge in [-0.05, 0) is 25.5 Å². The second-order valence-electron chi connectivity index (χ2n) is 4.96. The number of hydrogen-bond acceptors (Lipinski definition) is 3. The Hall–Kier alpha value is -1.90. The molecule has 2 aromatic rings. The topological polar surface area (TPSA) is 92.0 Å². The van der Waals surface area contributed by atoms with Gasteiger partial charge in [-0.2, -0.15) is 5.10 Å². The summed E-state index contributed by atoms with van der Waals surface area (Å²) >= 11 is 0. The molecule has 0 fully saturated rings. The summed E-state index contributed by atoms with van der Waals surface area (Å²) in [6.07, 6.45) is 0. The van der Waals surface area contributed by atoms with Gasteiger partial charge in [0.05, 0.1) is 6.54 Å². The molecule has 0 spiro atoms. The number of nitrogens with zero attached hydrogens (tertiary/aromatic N) is 3. The molecule has 0 atom stereocenters. The Morgan fingerprint density at radius 3 is 2.86 bits per heavy atom. The summed E-state index contributed by atoms with van der Waals surface area (Å²) in [5.41, 5.74) is 8.81. The van der Waals surface area contributed by atoms with E-state index < -0.39 is 0 Å². The number of nitrogens with two attached hydrogens (primary N) is 1. The summed E-state index contributed by atoms with van der Waals surface area (Å²) in [7, 11) is 0. The average molecular weight is 412 g/mol. The van der Waals surface area contributed by atoms with Gasteiger partial charge in [0.25, 0.3) is 0 Å². The van der Waals surface area contributed by atoms with Gasteiger partial charge in [-0.25, -0.2) is 9.98 Å². The van der Waals surface area contributed by atoms with Gasteiger partial charge in [0.2, 0.25) is 0 Å². The van der Waals surface area contributed by atoms with Crippen LogP contribution < -0.4 is 11.1 Å². The standard InChI is InChI=1S/C15H20N6.HI/c1-10(2)8-17-15(16)18-9-12-5-4-6-13(7-12)14-19-11(3)20-21-14;/h4-7H,1,8-9H2,2-3H3,(H3,16,17,18)(H,19,20,21);1H. The van der Waals surface area contributed by atoms with Crippen molar-refractivity contribution in [1.29, 1.82) is 0 Å². The van der Waals surface area contributed by atoms with Crippen LogP contribution in [0, 0.1) is 6.92 Å². The van der Waals surface area contributed by atoms with E-state index >= 15 is 0 Å². The van der Waals surface area contributed by atoms with Crippen LogP contribution in [0.4, 0.5) is 0 Å². The molecular formula is C15H21IN6. The van der Waals surface area contributed by atoms with Crippen molar-refractivity contribution in [1.82, 2.24) is 20.5 Å². The molecule has 1 aromatic heterocycles. The van der Waals surface area contributed by atoms with Crippen molar-refractivity contribution in [3.8, 4) is 11.4 Å². The Labute approximate surface area is 147 Å². The zero-order valence-electron chi connectivity index (χ0n) is 12.8. The second-order valence-corrected chi connectivity index (χ2v) is 4.96. The Bertz CT molecular complexity index is 662. The van der Waals surface area contributed by atoms with E-state index in [9.17, 15) is 0 Å². The van der Waals surface area contributed by atoms with Crippen LogP contribution in [0.5, 0.6) is 0 Å². The quantitative estimate of drug-likeness (QED) is 0.304. The van der Waals surface area contributed by atoms with Crippen LogP contribution >= 0.6 is 24.0 Å². The Morgan fingerprint density at radius 1 is 1.45 bits per heavy atom. The molecule has 0 aliphatic heterocycles. The van der Waals surface area contributed by atoms with E-state index in [1.54, 1.807) is 0 Å². The third-order valence-corrected chi connectivity index (χ3v) is 2.79. The van der Waals surface area contributed by atoms with E-state index in [1.165, 1.54) is 0 Å². The molecule has 22 heavy (non-hydrogen) atoms. The summed E-state index contributed by atoms with van der Waals surface area (Å²) in [6.45, 7) is 8.75. The Morgan fingerprint density at radius 2 is 2.23 bits per heavy atom. The Kier molecular flexibility index (Phi) is 7.03. The lowest BCUT2D eigenvalue weighted by molar-refractivity contribution is 0.940. The molecule has 0 bridgehead atoms. The van der Waals surface area contributed by atoms with Gasteiger partial charge < -0.3 is 11.1 Å². The lowest BCUT2D eigenvalue weighted by atomic mass is 10.1. The SMILES string of the molecule is C=C(C)CNC(N)=NCc1cccc(-c2n[nH]c(C)n2)c1.I. The van der Waals surface area contributed by atoms with Crippen molar-refractivity contribution in [2.45, 2.75) is 20.4 Å². The first-order chi connectivity index (χ1) is 10.0. The normalized spacial score (nSPS) is 10.9. The average Bonchev–Trinajstić information content (AvgIpc) is 2.90. The maximum Gasteiger partial charge on any atom is 0.189 e. The lowest BCUT2D eigenvalue weighted by Crippen LogP contribution is -2.32. The molecule has 1 heterocycles. The van der Waals surface area contributed by atoms with E-state index in [1.807, 2.05) is 38.1 Å². The smallest absolute Gasteiger partial charge is 0.189 e. The molecule has 0 unspecified atom stereocenters. The van der Waals surface area contributed by atoms with Gasteiger partial charge in [0.1, 0.15) is 5.82 Å². The third kappa shape index (κ3) is 5.47. The predicted molar refractivity (Wildman–Crippen MR) is 100 cm³/mol. The molecule has 6 nitrogen and oxygen atoms in total. The number of H-pyrrole nitrogens is 1. The second kappa shape index (κ2) is 8.52. The molecule has 0 radical (unpaired) electrons. The molecule has 0 amide bonds. The maximum absolute atomic E-state index is 5.79. The van der Waals surface area contributed by atoms with E-state index in [0.29, 0.717) is 24.9 Å². The minimum atomic E-state index is 0. The number of nitrogens with one attached hydrogen (secondary N) is 2. The van der Waals surface area contributed by atoms with E-state index in [-0.39, 0.29) is 24.0 Å². The van der Waals surface area contributed by atoms with Crippen LogP contribution in [-0.2, 0) is 6.54 Å². The zero-order chi connectivity index (χ0) is 15.2. The molecule has 0 aliphatic rings. The molecule has 0 aliphatic carbocycles. The zero-order valence-corrected chi connectivity index (χ0v) is 15.1. The van der Waals surface area contributed by atoms with Gasteiger partial charge in [0, 0.05) is 12.1 Å². The molecule has 118 valence electrons. The maximum atomic E-state index is 5.79. The van der Waals surface area contributed by atoms with Crippen LogP contribution in [0.25, 0.3) is 11.4 Å². The van der Waals surface area contributed by atoms with Crippen molar-refractivity contribution in [3.63, 3.8) is 0 Å². The first-order valence-corrected chi connectivity index (χ1v) is 6.71. The fraction of sp³-hybridized carbons (Fsp3) is 0.267. The number of rotatable bonds is 5. The van der Waals surface area contributed by atoms with E-state index in [4.69, 9.17) is 5.73 Å². The molecular weight excluding hydrogens is 391 g/mol. The number of aryl methyl sites for hydroxylation is 1. The number of hydrogen-bond donors (Lipinski definition) is 3. The fourth-order valence-corrected chi connectivity index (χ4v) is 1.75. The van der Waals surface area contributed by atoms with Crippen molar-refractivity contribution >= 4 is 29.9 Å². The fourth-order valence-electron chi connectivity index (χ4n) is 1.75. The molecule has 7 heteroatoms. The first kappa shape index (κ1) is 18.1. The van der Waals surface area contributed by atoms with Gasteiger partial charge in [-0.15, -0.1) is 24.0 Å². The number of aliphatic imine (C=N–C) groups is 1. The summed E-state index contributed by atoms with van der Waals surface area (Å²) < 4.78 is 0. The molecule has 1 aromatic carbocycles. The summed E-state index contributed by atoms with van der Waals surface area (Å²) in [5.74, 6) is 1.89. The van der Waals surface area contributed by atoms with Gasteiger partial charge in [-0.1, -0.05) is 30.4 Å². The number of aromatic nitrogens is 3. The highest BCUT2D eigenvalue weighted by molar-refractivity contribution is 14.0. The first-order valence-electron chi connectivity index (χ1n) is 6.71. The number of guanidine groups is 1. The van der Waals surface area contributed by atoms with E-state index in [0.717, 1.165) is 22.5 Å². The van der Waals surface area contributed by atoms with Crippen molar-refractivity contribution in [2.75, 3.05) is 6.54 Å². The van der Waals surface area contributed by atoms with Crippen molar-refractivity contribution < 1.29 is 0 Å². The third-order valence-electron chi connectivity index (χ3n) is 2.79. The Balaban J connectivity index is 0.00000242. The lowest BCUT2D eigenvalue weighted by Gasteiger charge is -2.05. The van der Waals surface area contributed by atoms with Gasteiger partial charge in [-0.3, -0.25) is 5.10 Å². The molecule has 4 N–H and O–H groups in total. The molecule has 0 saturated carbocycles. The minimum absolute atomic E-state index is 0. The van der Waals surface area contributed by atoms with Crippen molar-refractivity contribution in [2.24, 2.45) is 10.7 Å². The minimum Gasteiger partial charge on any atom is -0.370 e. The number of benzene rings is 1. The van der Waals surface area contributed by atoms with E-state index in [2.05, 4.69) is 32.1 Å². The van der Waals surface area contributed by atoms with Crippen LogP contribution in [0.2, 0.25) is 0 Å². The summed E-state index contributed by atoms with van der Waals surface area (Å²) in [5, 5.41) is 9.99.